The number of nitrogens with zero attached hydrogens (tertiary/aromatic N) is 1. The molecule has 17 heavy (non-hydrogen) atoms. The zero-order chi connectivity index (χ0) is 13.1. The van der Waals surface area contributed by atoms with Crippen molar-refractivity contribution in [1.29, 1.82) is 0 Å². The van der Waals surface area contributed by atoms with Crippen LogP contribution in [0.2, 0.25) is 0 Å². The van der Waals surface area contributed by atoms with Gasteiger partial charge in [0.1, 0.15) is 0 Å². The lowest BCUT2D eigenvalue weighted by Crippen LogP contribution is -2.50. The fourth-order valence-electron chi connectivity index (χ4n) is 1.49. The Balaban J connectivity index is 4.19. The number of primary amides is 1. The fourth-order valence-corrected chi connectivity index (χ4v) is 1.49. The first kappa shape index (κ1) is 16.3. The largest absolute Gasteiger partial charge is 0.383 e. The number of hydrogen-bond donors (Lipinski definition) is 2. The number of carbonyl (C=O) groups excluding carboxylic acids is 1. The monoisotopic (exact) mass is 247 g/mol. The van der Waals surface area contributed by atoms with Gasteiger partial charge in [0, 0.05) is 33.9 Å². The van der Waals surface area contributed by atoms with Crippen molar-refractivity contribution in [2.24, 2.45) is 5.73 Å². The predicted octanol–water partition coefficient (Wildman–Crippen LogP) is -0.955. The molecule has 6 heteroatoms. The molecule has 0 aliphatic rings. The van der Waals surface area contributed by atoms with Gasteiger partial charge in [0.15, 0.2) is 0 Å². The summed E-state index contributed by atoms with van der Waals surface area (Å²) in [6, 6.07) is -0.325. The second-order valence-corrected chi connectivity index (χ2v) is 3.80. The number of carbonyl (C=O) groups is 1. The van der Waals surface area contributed by atoms with Crippen molar-refractivity contribution in [2.45, 2.75) is 13.0 Å². The minimum Gasteiger partial charge on any atom is -0.383 e. The lowest BCUT2D eigenvalue weighted by atomic mass is 10.2. The van der Waals surface area contributed by atoms with Crippen LogP contribution in [0.3, 0.4) is 0 Å². The van der Waals surface area contributed by atoms with E-state index >= 15 is 0 Å². The molecule has 0 rings (SSSR count). The third kappa shape index (κ3) is 8.09. The Bertz CT molecular complexity index is 194. The van der Waals surface area contributed by atoms with E-state index in [-0.39, 0.29) is 11.9 Å². The topological polar surface area (TPSA) is 76.8 Å². The van der Waals surface area contributed by atoms with Crippen molar-refractivity contribution in [2.75, 3.05) is 53.6 Å². The second-order valence-electron chi connectivity index (χ2n) is 3.80. The Morgan fingerprint density at radius 3 is 2.18 bits per heavy atom. The summed E-state index contributed by atoms with van der Waals surface area (Å²) in [5.41, 5.74) is 5.34. The maximum absolute atomic E-state index is 11.2. The van der Waals surface area contributed by atoms with E-state index in [1.807, 2.05) is 6.92 Å². The van der Waals surface area contributed by atoms with Gasteiger partial charge in [-0.25, -0.2) is 0 Å². The third-order valence-electron chi connectivity index (χ3n) is 2.46. The highest BCUT2D eigenvalue weighted by Crippen LogP contribution is 1.94. The lowest BCUT2D eigenvalue weighted by Gasteiger charge is -2.25. The summed E-state index contributed by atoms with van der Waals surface area (Å²) < 4.78 is 10.1. The molecule has 1 atom stereocenters. The fraction of sp³-hybridized carbons (Fsp3) is 0.909. The molecule has 0 aromatic rings. The Hall–Kier alpha value is -0.690. The minimum absolute atomic E-state index is 0.325. The molecule has 0 spiro atoms. The first-order valence-electron chi connectivity index (χ1n) is 5.88. The van der Waals surface area contributed by atoms with Crippen LogP contribution in [0.4, 0.5) is 0 Å². The van der Waals surface area contributed by atoms with Gasteiger partial charge in [-0.15, -0.1) is 0 Å². The Kier molecular flexibility index (Phi) is 10.0. The van der Waals surface area contributed by atoms with E-state index < -0.39 is 0 Å². The van der Waals surface area contributed by atoms with Gasteiger partial charge >= 0.3 is 0 Å². The molecule has 0 saturated heterocycles. The van der Waals surface area contributed by atoms with E-state index in [4.69, 9.17) is 15.2 Å². The second kappa shape index (κ2) is 10.5. The summed E-state index contributed by atoms with van der Waals surface area (Å²) in [6.07, 6.45) is 0. The van der Waals surface area contributed by atoms with Gasteiger partial charge in [-0.3, -0.25) is 9.69 Å². The zero-order valence-electron chi connectivity index (χ0n) is 11.1. The number of methoxy groups -OCH3 is 2. The molecular formula is C11H25N3O3. The Morgan fingerprint density at radius 2 is 1.82 bits per heavy atom. The molecular weight excluding hydrogens is 222 g/mol. The smallest absolute Gasteiger partial charge is 0.235 e. The molecule has 0 heterocycles. The summed E-state index contributed by atoms with van der Waals surface area (Å²) in [5, 5.41) is 3.07. The molecule has 0 saturated carbocycles. The maximum atomic E-state index is 11.2. The molecule has 102 valence electrons. The maximum Gasteiger partial charge on any atom is 0.235 e. The number of rotatable bonds is 11. The molecule has 0 bridgehead atoms. The van der Waals surface area contributed by atoms with Crippen molar-refractivity contribution in [1.82, 2.24) is 10.2 Å². The molecule has 3 N–H and O–H groups in total. The van der Waals surface area contributed by atoms with Gasteiger partial charge in [-0.2, -0.15) is 0 Å². The summed E-state index contributed by atoms with van der Waals surface area (Å²) in [4.78, 5) is 13.3. The average Bonchev–Trinajstić information content (AvgIpc) is 2.31. The van der Waals surface area contributed by atoms with E-state index in [0.29, 0.717) is 19.8 Å². The van der Waals surface area contributed by atoms with Crippen LogP contribution in [0.1, 0.15) is 6.92 Å². The minimum atomic E-state index is -0.327. The van der Waals surface area contributed by atoms with Crippen molar-refractivity contribution in [3.63, 3.8) is 0 Å². The zero-order valence-corrected chi connectivity index (χ0v) is 11.1. The normalized spacial score (nSPS) is 12.9. The van der Waals surface area contributed by atoms with Gasteiger partial charge < -0.3 is 20.5 Å². The first-order valence-corrected chi connectivity index (χ1v) is 5.88. The molecule has 0 aromatic heterocycles. The van der Waals surface area contributed by atoms with Crippen LogP contribution in [-0.4, -0.2) is 70.5 Å². The number of nitrogens with one attached hydrogen (secondary N) is 1. The third-order valence-corrected chi connectivity index (χ3v) is 2.46. The molecule has 0 aromatic carbocycles. The van der Waals surface area contributed by atoms with E-state index in [2.05, 4.69) is 10.2 Å². The molecule has 0 radical (unpaired) electrons. The Labute approximate surface area is 103 Å². The molecule has 0 aliphatic carbocycles. The average molecular weight is 247 g/mol. The highest BCUT2D eigenvalue weighted by atomic mass is 16.5. The summed E-state index contributed by atoms with van der Waals surface area (Å²) in [7, 11) is 3.31. The number of nitrogens with two attached hydrogens (primary N) is 1. The molecule has 0 fully saturated rings. The van der Waals surface area contributed by atoms with E-state index in [1.54, 1.807) is 14.2 Å². The summed E-state index contributed by atoms with van der Waals surface area (Å²) in [6.45, 7) is 6.02. The molecule has 1 amide bonds. The van der Waals surface area contributed by atoms with Crippen molar-refractivity contribution in [3.05, 3.63) is 0 Å². The van der Waals surface area contributed by atoms with Crippen LogP contribution in [0, 0.1) is 0 Å². The van der Waals surface area contributed by atoms with Crippen LogP contribution in [-0.2, 0) is 14.3 Å². The van der Waals surface area contributed by atoms with Gasteiger partial charge in [0.25, 0.3) is 0 Å². The van der Waals surface area contributed by atoms with Crippen LogP contribution >= 0.6 is 0 Å². The highest BCUT2D eigenvalue weighted by Gasteiger charge is 2.17. The molecule has 6 nitrogen and oxygen atoms in total. The first-order chi connectivity index (χ1) is 8.15. The number of likely N-dealkylation sites (N-methyl/N-ethyl adjacent to an activating group) is 1. The number of amides is 1. The van der Waals surface area contributed by atoms with Gasteiger partial charge in [-0.05, 0) is 6.54 Å². The van der Waals surface area contributed by atoms with Gasteiger partial charge in [-0.1, -0.05) is 6.92 Å². The summed E-state index contributed by atoms with van der Waals surface area (Å²) in [5.74, 6) is -0.327. The van der Waals surface area contributed by atoms with Crippen molar-refractivity contribution >= 4 is 5.91 Å². The Morgan fingerprint density at radius 1 is 1.29 bits per heavy atom. The lowest BCUT2D eigenvalue weighted by molar-refractivity contribution is -0.120. The van der Waals surface area contributed by atoms with Gasteiger partial charge in [0.05, 0.1) is 19.3 Å². The van der Waals surface area contributed by atoms with Crippen LogP contribution in [0.25, 0.3) is 0 Å². The number of hydrogen-bond acceptors (Lipinski definition) is 5. The van der Waals surface area contributed by atoms with E-state index in [1.165, 1.54) is 0 Å². The van der Waals surface area contributed by atoms with E-state index in [0.717, 1.165) is 19.6 Å². The SMILES string of the molecule is CCNC(CN(CCOC)CCOC)C(N)=O. The predicted molar refractivity (Wildman–Crippen MR) is 66.9 cm³/mol. The molecule has 1 unspecified atom stereocenters. The highest BCUT2D eigenvalue weighted by molar-refractivity contribution is 5.80. The quantitative estimate of drug-likeness (QED) is 0.492. The van der Waals surface area contributed by atoms with Crippen molar-refractivity contribution < 1.29 is 14.3 Å². The van der Waals surface area contributed by atoms with Gasteiger partial charge in [0.2, 0.25) is 5.91 Å². The summed E-state index contributed by atoms with van der Waals surface area (Å²) >= 11 is 0. The van der Waals surface area contributed by atoms with Crippen LogP contribution in [0.5, 0.6) is 0 Å². The molecule has 0 aliphatic heterocycles. The number of ether oxygens (including phenoxy) is 2. The van der Waals surface area contributed by atoms with Crippen molar-refractivity contribution in [3.8, 4) is 0 Å². The van der Waals surface area contributed by atoms with Crippen LogP contribution < -0.4 is 11.1 Å². The van der Waals surface area contributed by atoms with Crippen LogP contribution in [0.15, 0.2) is 0 Å². The standard InChI is InChI=1S/C11H25N3O3/c1-4-13-10(11(12)15)9-14(5-7-16-2)6-8-17-3/h10,13H,4-9H2,1-3H3,(H2,12,15). The van der Waals surface area contributed by atoms with E-state index in [9.17, 15) is 4.79 Å².